The standard InChI is InChI=1S/C15H13FN2OS/c16-13-5-1-3-11(7-13)9-18-14(19)10-20-15(18)12-4-2-6-17-8-12/h1-8,15H,9-10H2. The van der Waals surface area contributed by atoms with Crippen molar-refractivity contribution in [3.63, 3.8) is 0 Å². The normalized spacial score (nSPS) is 18.6. The molecular formula is C15H13FN2OS. The lowest BCUT2D eigenvalue weighted by Crippen LogP contribution is -2.27. The van der Waals surface area contributed by atoms with Gasteiger partial charge in [-0.05, 0) is 23.8 Å². The molecule has 1 saturated heterocycles. The molecule has 5 heteroatoms. The van der Waals surface area contributed by atoms with E-state index in [1.165, 1.54) is 12.1 Å². The Morgan fingerprint density at radius 3 is 3.00 bits per heavy atom. The van der Waals surface area contributed by atoms with Crippen molar-refractivity contribution in [1.82, 2.24) is 9.88 Å². The Bertz CT molecular complexity index is 620. The molecule has 3 rings (SSSR count). The Balaban J connectivity index is 1.84. The molecule has 0 saturated carbocycles. The summed E-state index contributed by atoms with van der Waals surface area (Å²) in [5, 5.41) is -0.0422. The van der Waals surface area contributed by atoms with Crippen LogP contribution in [0.25, 0.3) is 0 Å². The van der Waals surface area contributed by atoms with Gasteiger partial charge in [-0.3, -0.25) is 9.78 Å². The number of amides is 1. The van der Waals surface area contributed by atoms with Crippen molar-refractivity contribution in [2.75, 3.05) is 5.75 Å². The summed E-state index contributed by atoms with van der Waals surface area (Å²) in [7, 11) is 0. The van der Waals surface area contributed by atoms with E-state index in [-0.39, 0.29) is 17.1 Å². The third kappa shape index (κ3) is 2.67. The molecule has 0 bridgehead atoms. The third-order valence-electron chi connectivity index (χ3n) is 3.18. The number of thioether (sulfide) groups is 1. The Morgan fingerprint density at radius 1 is 1.35 bits per heavy atom. The summed E-state index contributed by atoms with van der Waals surface area (Å²) in [6.45, 7) is 0.420. The van der Waals surface area contributed by atoms with E-state index in [4.69, 9.17) is 0 Å². The topological polar surface area (TPSA) is 33.2 Å². The average molecular weight is 288 g/mol. The van der Waals surface area contributed by atoms with Gasteiger partial charge < -0.3 is 4.90 Å². The summed E-state index contributed by atoms with van der Waals surface area (Å²) in [6, 6.07) is 10.2. The summed E-state index contributed by atoms with van der Waals surface area (Å²) in [5.74, 6) is 0.252. The van der Waals surface area contributed by atoms with E-state index >= 15 is 0 Å². The van der Waals surface area contributed by atoms with Gasteiger partial charge in [-0.25, -0.2) is 4.39 Å². The molecule has 1 aliphatic heterocycles. The molecule has 3 nitrogen and oxygen atoms in total. The minimum absolute atomic E-state index is 0.0422. The van der Waals surface area contributed by atoms with Gasteiger partial charge in [0, 0.05) is 24.5 Å². The predicted octanol–water partition coefficient (Wildman–Crippen LogP) is 2.99. The fourth-order valence-electron chi connectivity index (χ4n) is 2.26. The number of aromatic nitrogens is 1. The van der Waals surface area contributed by atoms with Crippen LogP contribution >= 0.6 is 11.8 Å². The van der Waals surface area contributed by atoms with Crippen molar-refractivity contribution in [1.29, 1.82) is 0 Å². The van der Waals surface area contributed by atoms with Crippen molar-refractivity contribution in [3.05, 3.63) is 65.7 Å². The molecule has 1 aromatic heterocycles. The highest BCUT2D eigenvalue weighted by Crippen LogP contribution is 2.39. The molecule has 20 heavy (non-hydrogen) atoms. The van der Waals surface area contributed by atoms with Crippen molar-refractivity contribution in [2.45, 2.75) is 11.9 Å². The molecule has 1 amide bonds. The van der Waals surface area contributed by atoms with Gasteiger partial charge in [-0.2, -0.15) is 0 Å². The number of rotatable bonds is 3. The average Bonchev–Trinajstić information content (AvgIpc) is 2.81. The first-order valence-electron chi connectivity index (χ1n) is 6.29. The van der Waals surface area contributed by atoms with E-state index in [1.54, 1.807) is 35.1 Å². The molecular weight excluding hydrogens is 275 g/mol. The zero-order chi connectivity index (χ0) is 13.9. The van der Waals surface area contributed by atoms with E-state index in [0.717, 1.165) is 11.1 Å². The van der Waals surface area contributed by atoms with E-state index in [2.05, 4.69) is 4.98 Å². The summed E-state index contributed by atoms with van der Waals surface area (Å²) in [5.41, 5.74) is 1.80. The van der Waals surface area contributed by atoms with Crippen LogP contribution in [0.1, 0.15) is 16.5 Å². The number of pyridine rings is 1. The van der Waals surface area contributed by atoms with E-state index in [0.29, 0.717) is 12.3 Å². The van der Waals surface area contributed by atoms with Crippen molar-refractivity contribution in [2.24, 2.45) is 0 Å². The largest absolute Gasteiger partial charge is 0.321 e. The molecule has 2 aromatic rings. The number of carbonyl (C=O) groups excluding carboxylic acids is 1. The second-order valence-corrected chi connectivity index (χ2v) is 5.67. The first-order chi connectivity index (χ1) is 9.74. The van der Waals surface area contributed by atoms with Crippen LogP contribution in [0, 0.1) is 5.82 Å². The van der Waals surface area contributed by atoms with Crippen LogP contribution in [0.4, 0.5) is 4.39 Å². The highest BCUT2D eigenvalue weighted by Gasteiger charge is 2.32. The van der Waals surface area contributed by atoms with Gasteiger partial charge in [0.05, 0.1) is 5.75 Å². The fraction of sp³-hybridized carbons (Fsp3) is 0.200. The first kappa shape index (κ1) is 13.1. The van der Waals surface area contributed by atoms with Gasteiger partial charge in [0.1, 0.15) is 11.2 Å². The zero-order valence-electron chi connectivity index (χ0n) is 10.7. The van der Waals surface area contributed by atoms with Gasteiger partial charge >= 0.3 is 0 Å². The van der Waals surface area contributed by atoms with E-state index in [1.807, 2.05) is 18.2 Å². The van der Waals surface area contributed by atoms with Crippen LogP contribution in [-0.4, -0.2) is 21.5 Å². The SMILES string of the molecule is O=C1CSC(c2cccnc2)N1Cc1cccc(F)c1. The molecule has 0 N–H and O–H groups in total. The monoisotopic (exact) mass is 288 g/mol. The number of hydrogen-bond donors (Lipinski definition) is 0. The third-order valence-corrected chi connectivity index (χ3v) is 4.44. The van der Waals surface area contributed by atoms with Crippen LogP contribution in [0.15, 0.2) is 48.8 Å². The summed E-state index contributed by atoms with van der Waals surface area (Å²) >= 11 is 1.58. The first-order valence-corrected chi connectivity index (χ1v) is 7.34. The van der Waals surface area contributed by atoms with E-state index < -0.39 is 0 Å². The molecule has 0 spiro atoms. The van der Waals surface area contributed by atoms with Gasteiger partial charge in [-0.1, -0.05) is 18.2 Å². The van der Waals surface area contributed by atoms with Crippen LogP contribution in [-0.2, 0) is 11.3 Å². The Morgan fingerprint density at radius 2 is 2.25 bits per heavy atom. The molecule has 0 aliphatic carbocycles. The minimum Gasteiger partial charge on any atom is -0.321 e. The smallest absolute Gasteiger partial charge is 0.234 e. The van der Waals surface area contributed by atoms with E-state index in [9.17, 15) is 9.18 Å². The Labute approximate surface area is 120 Å². The highest BCUT2D eigenvalue weighted by atomic mass is 32.2. The molecule has 1 unspecified atom stereocenters. The molecule has 102 valence electrons. The molecule has 1 atom stereocenters. The predicted molar refractivity (Wildman–Crippen MR) is 76.4 cm³/mol. The zero-order valence-corrected chi connectivity index (χ0v) is 11.5. The quantitative estimate of drug-likeness (QED) is 0.870. The van der Waals surface area contributed by atoms with Crippen molar-refractivity contribution in [3.8, 4) is 0 Å². The molecule has 1 fully saturated rings. The Hall–Kier alpha value is -1.88. The number of carbonyl (C=O) groups is 1. The molecule has 1 aromatic carbocycles. The second kappa shape index (κ2) is 5.63. The number of nitrogens with zero attached hydrogens (tertiary/aromatic N) is 2. The summed E-state index contributed by atoms with van der Waals surface area (Å²) in [4.78, 5) is 17.9. The lowest BCUT2D eigenvalue weighted by molar-refractivity contribution is -0.128. The minimum atomic E-state index is -0.278. The van der Waals surface area contributed by atoms with Crippen LogP contribution < -0.4 is 0 Å². The molecule has 2 heterocycles. The molecule has 1 aliphatic rings. The van der Waals surface area contributed by atoms with Crippen molar-refractivity contribution >= 4 is 17.7 Å². The lowest BCUT2D eigenvalue weighted by Gasteiger charge is -2.24. The van der Waals surface area contributed by atoms with Crippen LogP contribution in [0.5, 0.6) is 0 Å². The Kier molecular flexibility index (Phi) is 3.69. The summed E-state index contributed by atoms with van der Waals surface area (Å²) in [6.07, 6.45) is 3.48. The van der Waals surface area contributed by atoms with Gasteiger partial charge in [-0.15, -0.1) is 11.8 Å². The number of hydrogen-bond acceptors (Lipinski definition) is 3. The lowest BCUT2D eigenvalue weighted by atomic mass is 10.2. The van der Waals surface area contributed by atoms with Crippen LogP contribution in [0.3, 0.4) is 0 Å². The maximum Gasteiger partial charge on any atom is 0.234 e. The summed E-state index contributed by atoms with van der Waals surface area (Å²) < 4.78 is 13.2. The molecule has 0 radical (unpaired) electrons. The highest BCUT2D eigenvalue weighted by molar-refractivity contribution is 8.00. The maximum absolute atomic E-state index is 13.2. The fourth-order valence-corrected chi connectivity index (χ4v) is 3.43. The number of benzene rings is 1. The van der Waals surface area contributed by atoms with Gasteiger partial charge in [0.25, 0.3) is 0 Å². The maximum atomic E-state index is 13.2. The van der Waals surface area contributed by atoms with Gasteiger partial charge in [0.15, 0.2) is 0 Å². The second-order valence-electron chi connectivity index (χ2n) is 4.60. The van der Waals surface area contributed by atoms with Gasteiger partial charge in [0.2, 0.25) is 5.91 Å². The van der Waals surface area contributed by atoms with Crippen LogP contribution in [0.2, 0.25) is 0 Å². The van der Waals surface area contributed by atoms with Crippen molar-refractivity contribution < 1.29 is 9.18 Å². The number of halogens is 1.